The highest BCUT2D eigenvalue weighted by atomic mass is 32.1. The number of hydrogen-bond acceptors (Lipinski definition) is 6. The second-order valence-corrected chi connectivity index (χ2v) is 11.8. The third kappa shape index (κ3) is 15.3. The minimum Gasteiger partial charge on any atom is -0.476 e. The van der Waals surface area contributed by atoms with E-state index < -0.39 is 25.2 Å². The second-order valence-electron chi connectivity index (χ2n) is 10.3. The van der Waals surface area contributed by atoms with Gasteiger partial charge in [-0.05, 0) is 31.1 Å². The van der Waals surface area contributed by atoms with Gasteiger partial charge in [0.05, 0.1) is 6.10 Å². The third-order valence-electron chi connectivity index (χ3n) is 7.20. The van der Waals surface area contributed by atoms with Gasteiger partial charge in [0.15, 0.2) is 5.44 Å². The average Bonchev–Trinajstić information content (AvgIpc) is 2.89. The van der Waals surface area contributed by atoms with Crippen LogP contribution in [0, 0.1) is 11.8 Å². The van der Waals surface area contributed by atoms with E-state index >= 15 is 0 Å². The number of carboxylic acid groups (broad SMARTS) is 1. The summed E-state index contributed by atoms with van der Waals surface area (Å²) in [6.45, 7) is 10.1. The Morgan fingerprint density at radius 1 is 0.917 bits per heavy atom. The van der Waals surface area contributed by atoms with Crippen molar-refractivity contribution in [1.29, 1.82) is 0 Å². The molecule has 1 aliphatic carbocycles. The van der Waals surface area contributed by atoms with Gasteiger partial charge >= 0.3 is 19.8 Å². The smallest absolute Gasteiger partial charge is 0.392 e. The molecule has 1 rings (SSSR count). The van der Waals surface area contributed by atoms with Crippen molar-refractivity contribution < 1.29 is 29.0 Å². The van der Waals surface area contributed by atoms with Crippen LogP contribution in [0.3, 0.4) is 0 Å². The van der Waals surface area contributed by atoms with E-state index in [9.17, 15) is 14.5 Å². The molecule has 36 heavy (non-hydrogen) atoms. The molecule has 0 aromatic heterocycles. The Morgan fingerprint density at radius 3 is 2.00 bits per heavy atom. The van der Waals surface area contributed by atoms with E-state index in [0.717, 1.165) is 18.4 Å². The SMILES string of the molecule is CCCCCCCCCCOC(CCC)C(C)C1CCCCC1.CCCOC(S)C(O)([PH+]=O)C(=O)O. The number of aliphatic carboxylic acids is 1. The normalized spacial score (nSPS) is 18.6. The van der Waals surface area contributed by atoms with Crippen LogP contribution >= 0.6 is 21.1 Å². The number of rotatable bonds is 20. The Kier molecular flexibility index (Phi) is 22.6. The van der Waals surface area contributed by atoms with E-state index in [1.54, 1.807) is 0 Å². The zero-order chi connectivity index (χ0) is 27.2. The van der Waals surface area contributed by atoms with Gasteiger partial charge in [-0.1, -0.05) is 116 Å². The quantitative estimate of drug-likeness (QED) is 0.0614. The predicted octanol–water partition coefficient (Wildman–Crippen LogP) is 7.99. The Labute approximate surface area is 228 Å². The molecule has 0 aliphatic heterocycles. The molecule has 5 unspecified atom stereocenters. The molecule has 0 amide bonds. The predicted molar refractivity (Wildman–Crippen MR) is 154 cm³/mol. The molecule has 0 aromatic rings. The average molecular weight is 552 g/mol. The lowest BCUT2D eigenvalue weighted by atomic mass is 9.77. The lowest BCUT2D eigenvalue weighted by Gasteiger charge is -2.33. The molecule has 8 heteroatoms. The summed E-state index contributed by atoms with van der Waals surface area (Å²) < 4.78 is 21.7. The molecular weight excluding hydrogens is 495 g/mol. The first kappa shape index (κ1) is 35.8. The van der Waals surface area contributed by atoms with Gasteiger partial charge in [-0.15, -0.1) is 12.6 Å². The molecule has 1 fully saturated rings. The summed E-state index contributed by atoms with van der Waals surface area (Å²) in [6.07, 6.45) is 22.1. The van der Waals surface area contributed by atoms with E-state index in [4.69, 9.17) is 14.6 Å². The maximum Gasteiger partial charge on any atom is 0.392 e. The molecule has 2 N–H and O–H groups in total. The van der Waals surface area contributed by atoms with Crippen molar-refractivity contribution in [1.82, 2.24) is 0 Å². The molecule has 0 saturated heterocycles. The Morgan fingerprint density at radius 2 is 1.50 bits per heavy atom. The van der Waals surface area contributed by atoms with E-state index in [2.05, 4.69) is 33.4 Å². The molecule has 0 bridgehead atoms. The van der Waals surface area contributed by atoms with Crippen molar-refractivity contribution in [2.75, 3.05) is 13.2 Å². The van der Waals surface area contributed by atoms with Crippen LogP contribution < -0.4 is 0 Å². The van der Waals surface area contributed by atoms with Gasteiger partial charge in [-0.3, -0.25) is 0 Å². The van der Waals surface area contributed by atoms with Crippen LogP contribution in [0.1, 0.15) is 130 Å². The summed E-state index contributed by atoms with van der Waals surface area (Å²) in [7, 11) is -1.42. The number of thiol groups is 1. The maximum atomic E-state index is 10.5. The largest absolute Gasteiger partial charge is 0.476 e. The number of ether oxygens (including phenoxy) is 2. The minimum atomic E-state index is -2.42. The van der Waals surface area contributed by atoms with E-state index in [1.807, 2.05) is 6.92 Å². The summed E-state index contributed by atoms with van der Waals surface area (Å²) in [5, 5.41) is 15.4. The maximum absolute atomic E-state index is 10.5. The summed E-state index contributed by atoms with van der Waals surface area (Å²) in [5.41, 5.74) is -1.28. The molecule has 0 heterocycles. The Bertz CT molecular complexity index is 546. The highest BCUT2D eigenvalue weighted by molar-refractivity contribution is 7.81. The Hall–Kier alpha value is -0.200. The van der Waals surface area contributed by atoms with Crippen molar-refractivity contribution in [3.63, 3.8) is 0 Å². The topological polar surface area (TPSA) is 93.1 Å². The number of unbranched alkanes of at least 4 members (excludes halogenated alkanes) is 7. The van der Waals surface area contributed by atoms with Crippen LogP contribution in [-0.2, 0) is 18.8 Å². The van der Waals surface area contributed by atoms with Gasteiger partial charge in [0.2, 0.25) is 0 Å². The summed E-state index contributed by atoms with van der Waals surface area (Å²) in [6, 6.07) is 0. The summed E-state index contributed by atoms with van der Waals surface area (Å²) >= 11 is 3.72. The van der Waals surface area contributed by atoms with Crippen LogP contribution in [0.15, 0.2) is 0 Å². The van der Waals surface area contributed by atoms with Crippen molar-refractivity contribution in [3.8, 4) is 0 Å². The first-order valence-corrected chi connectivity index (χ1v) is 16.0. The number of hydrogen-bond donors (Lipinski definition) is 3. The molecule has 1 saturated carbocycles. The Balaban J connectivity index is 0.000000802. The van der Waals surface area contributed by atoms with E-state index in [0.29, 0.717) is 12.5 Å². The van der Waals surface area contributed by atoms with Gasteiger partial charge in [-0.2, -0.15) is 0 Å². The lowest BCUT2D eigenvalue weighted by molar-refractivity contribution is -0.155. The first-order valence-electron chi connectivity index (χ1n) is 14.5. The molecule has 5 atom stereocenters. The zero-order valence-corrected chi connectivity index (χ0v) is 25.4. The minimum absolute atomic E-state index is 0.258. The standard InChI is InChI=1S/C22H44O.C6H11O5PS/c1-4-6-7-8-9-10-11-15-19-23-22(16-5-2)20(3)21-17-13-12-14-18-21;1-2-3-11-5(13)6(9,12-10)4(7)8/h20-22H,4-19H2,1-3H3;5,9,13H,2-3H2,1H3,(H,7,8)/p+1. The number of carboxylic acids is 1. The van der Waals surface area contributed by atoms with Crippen molar-refractivity contribution >= 4 is 27.1 Å². The van der Waals surface area contributed by atoms with Crippen LogP contribution in [0.25, 0.3) is 0 Å². The van der Waals surface area contributed by atoms with Gasteiger partial charge in [0.25, 0.3) is 0 Å². The van der Waals surface area contributed by atoms with Crippen LogP contribution in [0.5, 0.6) is 0 Å². The molecule has 0 spiro atoms. The van der Waals surface area contributed by atoms with Crippen LogP contribution in [0.2, 0.25) is 0 Å². The molecule has 0 radical (unpaired) electrons. The summed E-state index contributed by atoms with van der Waals surface area (Å²) in [4.78, 5) is 10.5. The summed E-state index contributed by atoms with van der Waals surface area (Å²) in [5.74, 6) is 0.0973. The van der Waals surface area contributed by atoms with Gasteiger partial charge in [-0.25, -0.2) is 4.79 Å². The molecule has 1 aliphatic rings. The van der Waals surface area contributed by atoms with Crippen molar-refractivity contribution in [2.45, 2.75) is 147 Å². The van der Waals surface area contributed by atoms with Crippen LogP contribution in [-0.4, -0.2) is 46.3 Å². The second kappa shape index (κ2) is 22.8. The van der Waals surface area contributed by atoms with E-state index in [-0.39, 0.29) is 6.61 Å². The van der Waals surface area contributed by atoms with Gasteiger partial charge in [0.1, 0.15) is 0 Å². The lowest BCUT2D eigenvalue weighted by Crippen LogP contribution is -2.43. The highest BCUT2D eigenvalue weighted by Gasteiger charge is 2.53. The fourth-order valence-corrected chi connectivity index (χ4v) is 5.41. The molecule has 0 aromatic carbocycles. The van der Waals surface area contributed by atoms with Gasteiger partial charge < -0.3 is 19.7 Å². The monoisotopic (exact) mass is 551 g/mol. The molecular formula is C28H56O6PS+. The van der Waals surface area contributed by atoms with E-state index in [1.165, 1.54) is 96.3 Å². The zero-order valence-electron chi connectivity index (χ0n) is 23.5. The molecule has 214 valence electrons. The fraction of sp³-hybridized carbons (Fsp3) is 0.964. The van der Waals surface area contributed by atoms with Crippen LogP contribution in [0.4, 0.5) is 0 Å². The first-order chi connectivity index (χ1) is 17.3. The fourth-order valence-electron chi connectivity index (χ4n) is 4.77. The number of carbonyl (C=O) groups is 1. The highest BCUT2D eigenvalue weighted by Crippen LogP contribution is 2.34. The van der Waals surface area contributed by atoms with Gasteiger partial charge in [0, 0.05) is 13.2 Å². The third-order valence-corrected chi connectivity index (χ3v) is 8.75. The van der Waals surface area contributed by atoms with Crippen molar-refractivity contribution in [3.05, 3.63) is 0 Å². The number of aliphatic hydroxyl groups is 1. The molecule has 6 nitrogen and oxygen atoms in total. The van der Waals surface area contributed by atoms with Crippen molar-refractivity contribution in [2.24, 2.45) is 11.8 Å².